The molecule has 0 heterocycles. The maximum absolute atomic E-state index is 13.1. The zero-order chi connectivity index (χ0) is 23.9. The Kier molecular flexibility index (Phi) is 6.81. The number of anilines is 2. The van der Waals surface area contributed by atoms with Crippen molar-refractivity contribution < 1.29 is 14.0 Å². The molecule has 4 rings (SSSR count). The maximum Gasteiger partial charge on any atom is 0.255 e. The molecule has 3 aromatic rings. The van der Waals surface area contributed by atoms with E-state index < -0.39 is 33.8 Å². The second kappa shape index (κ2) is 9.32. The molecule has 0 bridgehead atoms. The van der Waals surface area contributed by atoms with Crippen molar-refractivity contribution in [1.82, 2.24) is 0 Å². The number of carbonyl (C=O) groups is 2. The summed E-state index contributed by atoms with van der Waals surface area (Å²) in [5.41, 5.74) is 1.53. The Morgan fingerprint density at radius 3 is 2.03 bits per heavy atom. The number of benzene rings is 3. The summed E-state index contributed by atoms with van der Waals surface area (Å²) >= 11 is 31.0. The highest BCUT2D eigenvalue weighted by molar-refractivity contribution is 6.53. The molecule has 1 saturated carbocycles. The number of hydrogen-bond donors (Lipinski definition) is 2. The van der Waals surface area contributed by atoms with E-state index in [1.165, 1.54) is 42.5 Å². The van der Waals surface area contributed by atoms with Gasteiger partial charge in [0.15, 0.2) is 0 Å². The van der Waals surface area contributed by atoms with Crippen molar-refractivity contribution in [2.45, 2.75) is 10.3 Å². The van der Waals surface area contributed by atoms with E-state index in [0.29, 0.717) is 21.3 Å². The third-order valence-corrected chi connectivity index (χ3v) is 6.70. The van der Waals surface area contributed by atoms with E-state index in [2.05, 4.69) is 10.6 Å². The van der Waals surface area contributed by atoms with Gasteiger partial charge in [-0.3, -0.25) is 9.59 Å². The molecule has 3 aromatic carbocycles. The van der Waals surface area contributed by atoms with Crippen LogP contribution in [0.3, 0.4) is 0 Å². The molecule has 2 amide bonds. The Labute approximate surface area is 213 Å². The highest BCUT2D eigenvalue weighted by Crippen LogP contribution is 2.65. The van der Waals surface area contributed by atoms with Gasteiger partial charge in [0.2, 0.25) is 5.91 Å². The minimum Gasteiger partial charge on any atom is -0.326 e. The maximum atomic E-state index is 13.1. The van der Waals surface area contributed by atoms with Crippen LogP contribution in [0, 0.1) is 11.7 Å². The van der Waals surface area contributed by atoms with Crippen LogP contribution in [0.2, 0.25) is 15.1 Å². The molecule has 2 N–H and O–H groups in total. The minimum absolute atomic E-state index is 0.194. The summed E-state index contributed by atoms with van der Waals surface area (Å²) < 4.78 is 11.7. The number of nitrogens with one attached hydrogen (secondary N) is 2. The molecule has 0 unspecified atom stereocenters. The van der Waals surface area contributed by atoms with Gasteiger partial charge in [0.05, 0.1) is 5.92 Å². The number of hydrogen-bond acceptors (Lipinski definition) is 2. The van der Waals surface area contributed by atoms with E-state index >= 15 is 0 Å². The summed E-state index contributed by atoms with van der Waals surface area (Å²) in [4.78, 5) is 25.5. The molecule has 10 heteroatoms. The molecule has 33 heavy (non-hydrogen) atoms. The van der Waals surface area contributed by atoms with Gasteiger partial charge in [-0.05, 0) is 66.2 Å². The summed E-state index contributed by atoms with van der Waals surface area (Å²) in [7, 11) is 0. The quantitative estimate of drug-likeness (QED) is 0.325. The van der Waals surface area contributed by atoms with Crippen molar-refractivity contribution in [3.63, 3.8) is 0 Å². The molecular weight excluding hydrogens is 533 g/mol. The zero-order valence-corrected chi connectivity index (χ0v) is 20.3. The standard InChI is InChI=1S/C23H14Cl5FN2O2/c24-13-5-11(6-14(25)9-13)19-20(23(19,27)28)22(33)31-18-8-12(7-15(26)10-18)21(32)30-17-3-1-16(29)2-4-17/h1-10,19-20H,(H,30,32)(H,31,33)/t19-,20+/m0/s1. The van der Waals surface area contributed by atoms with Crippen LogP contribution in [0.4, 0.5) is 15.8 Å². The zero-order valence-electron chi connectivity index (χ0n) is 16.5. The predicted molar refractivity (Wildman–Crippen MR) is 132 cm³/mol. The van der Waals surface area contributed by atoms with Gasteiger partial charge >= 0.3 is 0 Å². The van der Waals surface area contributed by atoms with Crippen LogP contribution in [0.25, 0.3) is 0 Å². The normalized spacial score (nSPS) is 18.5. The van der Waals surface area contributed by atoms with Crippen molar-refractivity contribution in [2.24, 2.45) is 5.92 Å². The van der Waals surface area contributed by atoms with E-state index in [4.69, 9.17) is 58.0 Å². The lowest BCUT2D eigenvalue weighted by Crippen LogP contribution is -2.18. The third kappa shape index (κ3) is 5.39. The largest absolute Gasteiger partial charge is 0.326 e. The van der Waals surface area contributed by atoms with Crippen LogP contribution in [0.15, 0.2) is 60.7 Å². The fourth-order valence-corrected chi connectivity index (χ4v) is 5.18. The minimum atomic E-state index is -1.35. The van der Waals surface area contributed by atoms with Crippen molar-refractivity contribution in [3.8, 4) is 0 Å². The fraction of sp³-hybridized carbons (Fsp3) is 0.130. The van der Waals surface area contributed by atoms with E-state index in [9.17, 15) is 14.0 Å². The van der Waals surface area contributed by atoms with Gasteiger partial charge in [0.1, 0.15) is 10.2 Å². The van der Waals surface area contributed by atoms with Crippen LogP contribution in [0.5, 0.6) is 0 Å². The molecule has 1 fully saturated rings. The lowest BCUT2D eigenvalue weighted by molar-refractivity contribution is -0.117. The first kappa shape index (κ1) is 24.1. The number of amides is 2. The van der Waals surface area contributed by atoms with E-state index in [0.717, 1.165) is 0 Å². The Morgan fingerprint density at radius 1 is 0.788 bits per heavy atom. The number of carbonyl (C=O) groups excluding carboxylic acids is 2. The highest BCUT2D eigenvalue weighted by Gasteiger charge is 2.67. The summed E-state index contributed by atoms with van der Waals surface area (Å²) in [5.74, 6) is -2.65. The van der Waals surface area contributed by atoms with Gasteiger partial charge in [-0.25, -0.2) is 4.39 Å². The van der Waals surface area contributed by atoms with Crippen molar-refractivity contribution in [3.05, 3.63) is 92.7 Å². The topological polar surface area (TPSA) is 58.2 Å². The SMILES string of the molecule is O=C(Nc1ccc(F)cc1)c1cc(Cl)cc(NC(=O)[C@H]2[C@H](c3cc(Cl)cc(Cl)c3)C2(Cl)Cl)c1. The molecule has 0 aliphatic heterocycles. The first-order valence-corrected chi connectivity index (χ1v) is 11.5. The molecule has 2 atom stereocenters. The molecule has 0 radical (unpaired) electrons. The van der Waals surface area contributed by atoms with Crippen molar-refractivity contribution in [2.75, 3.05) is 10.6 Å². The van der Waals surface area contributed by atoms with Gasteiger partial charge in [0, 0.05) is 37.9 Å². The average Bonchev–Trinajstić information content (AvgIpc) is 3.30. The lowest BCUT2D eigenvalue weighted by Gasteiger charge is -2.10. The van der Waals surface area contributed by atoms with Gasteiger partial charge in [-0.2, -0.15) is 0 Å². The number of alkyl halides is 2. The van der Waals surface area contributed by atoms with Gasteiger partial charge < -0.3 is 10.6 Å². The number of halogens is 6. The van der Waals surface area contributed by atoms with Crippen molar-refractivity contribution in [1.29, 1.82) is 0 Å². The Balaban J connectivity index is 1.51. The van der Waals surface area contributed by atoms with Crippen LogP contribution in [-0.4, -0.2) is 16.1 Å². The Hall–Kier alpha value is -2.02. The van der Waals surface area contributed by atoms with Crippen LogP contribution < -0.4 is 10.6 Å². The summed E-state index contributed by atoms with van der Waals surface area (Å²) in [6, 6.07) is 14.6. The predicted octanol–water partition coefficient (Wildman–Crippen LogP) is 7.56. The van der Waals surface area contributed by atoms with Crippen LogP contribution in [-0.2, 0) is 4.79 Å². The van der Waals surface area contributed by atoms with E-state index in [-0.39, 0.29) is 16.3 Å². The smallest absolute Gasteiger partial charge is 0.255 e. The first-order valence-electron chi connectivity index (χ1n) is 9.57. The summed E-state index contributed by atoms with van der Waals surface area (Å²) in [6.07, 6.45) is 0. The van der Waals surface area contributed by atoms with Crippen LogP contribution >= 0.6 is 58.0 Å². The molecule has 1 aliphatic rings. The van der Waals surface area contributed by atoms with Gasteiger partial charge in [-0.1, -0.05) is 34.8 Å². The fourth-order valence-electron chi connectivity index (χ4n) is 3.57. The monoisotopic (exact) mass is 544 g/mol. The summed E-state index contributed by atoms with van der Waals surface area (Å²) in [6.45, 7) is 0. The molecule has 0 spiro atoms. The van der Waals surface area contributed by atoms with Gasteiger partial charge in [0.25, 0.3) is 5.91 Å². The first-order chi connectivity index (χ1) is 15.5. The van der Waals surface area contributed by atoms with Crippen LogP contribution in [0.1, 0.15) is 21.8 Å². The van der Waals surface area contributed by atoms with Crippen molar-refractivity contribution >= 4 is 81.2 Å². The molecule has 1 aliphatic carbocycles. The molecule has 0 saturated heterocycles. The second-order valence-electron chi connectivity index (χ2n) is 7.51. The molecule has 0 aromatic heterocycles. The summed E-state index contributed by atoms with van der Waals surface area (Å²) in [5, 5.41) is 6.38. The second-order valence-corrected chi connectivity index (χ2v) is 10.3. The number of rotatable bonds is 5. The lowest BCUT2D eigenvalue weighted by atomic mass is 10.1. The molecule has 4 nitrogen and oxygen atoms in total. The third-order valence-electron chi connectivity index (χ3n) is 5.11. The molecule has 170 valence electrons. The van der Waals surface area contributed by atoms with Gasteiger partial charge in [-0.15, -0.1) is 23.2 Å². The van der Waals surface area contributed by atoms with E-state index in [1.807, 2.05) is 0 Å². The highest BCUT2D eigenvalue weighted by atomic mass is 35.5. The Bertz CT molecular complexity index is 1230. The Morgan fingerprint density at radius 2 is 1.39 bits per heavy atom. The average molecular weight is 547 g/mol. The van der Waals surface area contributed by atoms with E-state index in [1.54, 1.807) is 18.2 Å². The molecular formula is C23H14Cl5FN2O2.